The van der Waals surface area contributed by atoms with Crippen LogP contribution in [0.3, 0.4) is 0 Å². The van der Waals surface area contributed by atoms with Crippen molar-refractivity contribution in [3.05, 3.63) is 0 Å². The zero-order valence-electron chi connectivity index (χ0n) is 15.0. The Hall–Kier alpha value is -0.850. The van der Waals surface area contributed by atoms with Gasteiger partial charge in [-0.15, -0.1) is 0 Å². The van der Waals surface area contributed by atoms with E-state index in [-0.39, 0.29) is 24.3 Å². The highest BCUT2D eigenvalue weighted by atomic mass is 16.6. The van der Waals surface area contributed by atoms with E-state index >= 15 is 0 Å². The van der Waals surface area contributed by atoms with Crippen molar-refractivity contribution in [2.75, 3.05) is 20.2 Å². The van der Waals surface area contributed by atoms with Crippen LogP contribution < -0.4 is 10.6 Å². The Morgan fingerprint density at radius 1 is 1.30 bits per heavy atom. The van der Waals surface area contributed by atoms with Gasteiger partial charge in [0.1, 0.15) is 5.60 Å². The number of ether oxygens (including phenoxy) is 2. The fourth-order valence-electron chi connectivity index (χ4n) is 4.13. The number of nitrogens with zero attached hydrogens (tertiary/aromatic N) is 1. The lowest BCUT2D eigenvalue weighted by molar-refractivity contribution is -0.0372. The van der Waals surface area contributed by atoms with Crippen molar-refractivity contribution in [2.45, 2.75) is 76.4 Å². The summed E-state index contributed by atoms with van der Waals surface area (Å²) in [5, 5.41) is 6.80. The van der Waals surface area contributed by atoms with Crippen molar-refractivity contribution in [1.82, 2.24) is 15.5 Å². The van der Waals surface area contributed by atoms with E-state index < -0.39 is 5.60 Å². The Labute approximate surface area is 139 Å². The maximum Gasteiger partial charge on any atom is 0.407 e. The molecule has 0 aromatic heterocycles. The van der Waals surface area contributed by atoms with Crippen molar-refractivity contribution in [3.63, 3.8) is 0 Å². The topological polar surface area (TPSA) is 62.8 Å². The second-order valence-corrected chi connectivity index (χ2v) is 8.37. The van der Waals surface area contributed by atoms with E-state index in [0.29, 0.717) is 18.0 Å². The number of rotatable bonds is 3. The minimum Gasteiger partial charge on any atom is -0.444 e. The lowest BCUT2D eigenvalue weighted by Crippen LogP contribution is -2.71. The zero-order chi connectivity index (χ0) is 16.8. The summed E-state index contributed by atoms with van der Waals surface area (Å²) in [6, 6.07) is 1.37. The SMILES string of the molecule is CC1CC(NC2C(NC(=O)OC(C)(C)C)C3CCOC32)CN1C. The van der Waals surface area contributed by atoms with Crippen LogP contribution in [0.4, 0.5) is 4.79 Å². The van der Waals surface area contributed by atoms with Crippen molar-refractivity contribution in [3.8, 4) is 0 Å². The molecule has 3 fully saturated rings. The molecule has 3 rings (SSSR count). The van der Waals surface area contributed by atoms with E-state index in [9.17, 15) is 4.79 Å². The summed E-state index contributed by atoms with van der Waals surface area (Å²) in [6.45, 7) is 9.77. The van der Waals surface area contributed by atoms with Gasteiger partial charge < -0.3 is 25.0 Å². The maximum atomic E-state index is 12.1. The second kappa shape index (κ2) is 6.22. The molecule has 6 atom stereocenters. The minimum atomic E-state index is -0.466. The molecule has 6 nitrogen and oxygen atoms in total. The average Bonchev–Trinajstić information content (AvgIpc) is 2.97. The molecule has 2 N–H and O–H groups in total. The third-order valence-corrected chi connectivity index (χ3v) is 5.38. The molecule has 1 saturated carbocycles. The molecule has 132 valence electrons. The van der Waals surface area contributed by atoms with Gasteiger partial charge >= 0.3 is 6.09 Å². The van der Waals surface area contributed by atoms with E-state index in [2.05, 4.69) is 29.5 Å². The third kappa shape index (κ3) is 3.64. The number of fused-ring (bicyclic) bond motifs is 1. The van der Waals surface area contributed by atoms with Crippen LogP contribution in [-0.2, 0) is 9.47 Å². The van der Waals surface area contributed by atoms with Crippen molar-refractivity contribution in [2.24, 2.45) is 5.92 Å². The van der Waals surface area contributed by atoms with E-state index in [1.54, 1.807) is 0 Å². The molecule has 1 amide bonds. The van der Waals surface area contributed by atoms with Crippen LogP contribution >= 0.6 is 0 Å². The Morgan fingerprint density at radius 3 is 2.65 bits per heavy atom. The van der Waals surface area contributed by atoms with E-state index in [1.165, 1.54) is 0 Å². The maximum absolute atomic E-state index is 12.1. The monoisotopic (exact) mass is 325 g/mol. The largest absolute Gasteiger partial charge is 0.444 e. The van der Waals surface area contributed by atoms with Gasteiger partial charge in [0.05, 0.1) is 18.2 Å². The number of alkyl carbamates (subject to hydrolysis) is 1. The quantitative estimate of drug-likeness (QED) is 0.820. The molecule has 2 aliphatic heterocycles. The van der Waals surface area contributed by atoms with Gasteiger partial charge in [-0.05, 0) is 47.6 Å². The predicted octanol–water partition coefficient (Wildman–Crippen LogP) is 1.35. The Bertz CT molecular complexity index is 441. The number of likely N-dealkylation sites (N-methyl/N-ethyl adjacent to an activating group) is 1. The Morgan fingerprint density at radius 2 is 2.04 bits per heavy atom. The minimum absolute atomic E-state index is 0.110. The molecule has 0 spiro atoms. The summed E-state index contributed by atoms with van der Waals surface area (Å²) < 4.78 is 11.3. The molecular formula is C17H31N3O3. The normalized spacial score (nSPS) is 40.6. The first-order valence-electron chi connectivity index (χ1n) is 8.82. The summed E-state index contributed by atoms with van der Waals surface area (Å²) in [6.07, 6.45) is 2.07. The predicted molar refractivity (Wildman–Crippen MR) is 88.4 cm³/mol. The van der Waals surface area contributed by atoms with Gasteiger partial charge in [-0.2, -0.15) is 0 Å². The van der Waals surface area contributed by atoms with Gasteiger partial charge in [-0.3, -0.25) is 0 Å². The van der Waals surface area contributed by atoms with Crippen LogP contribution in [0, 0.1) is 5.92 Å². The van der Waals surface area contributed by atoms with Crippen LogP contribution in [0.2, 0.25) is 0 Å². The number of carbonyl (C=O) groups is 1. The summed E-state index contributed by atoms with van der Waals surface area (Å²) in [5.74, 6) is 0.413. The standard InChI is InChI=1S/C17H31N3O3/c1-10-8-11(9-20(10)5)18-14-13(12-6-7-22-15(12)14)19-16(21)23-17(2,3)4/h10-15,18H,6-9H2,1-5H3,(H,19,21). The van der Waals surface area contributed by atoms with Gasteiger partial charge in [0.2, 0.25) is 0 Å². The first-order valence-corrected chi connectivity index (χ1v) is 8.82. The van der Waals surface area contributed by atoms with Crippen LogP contribution in [0.15, 0.2) is 0 Å². The van der Waals surface area contributed by atoms with Crippen LogP contribution in [0.5, 0.6) is 0 Å². The number of carbonyl (C=O) groups excluding carboxylic acids is 1. The van der Waals surface area contributed by atoms with Gasteiger partial charge in [0.25, 0.3) is 0 Å². The molecule has 6 heteroatoms. The summed E-state index contributed by atoms with van der Waals surface area (Å²) in [7, 11) is 2.17. The smallest absolute Gasteiger partial charge is 0.407 e. The number of nitrogens with one attached hydrogen (secondary N) is 2. The molecular weight excluding hydrogens is 294 g/mol. The van der Waals surface area contributed by atoms with E-state index in [1.807, 2.05) is 20.8 Å². The molecule has 23 heavy (non-hydrogen) atoms. The summed E-state index contributed by atoms with van der Waals surface area (Å²) in [4.78, 5) is 14.5. The number of likely N-dealkylation sites (tertiary alicyclic amines) is 1. The average molecular weight is 325 g/mol. The number of hydrogen-bond donors (Lipinski definition) is 2. The molecule has 2 saturated heterocycles. The van der Waals surface area contributed by atoms with Crippen molar-refractivity contribution in [1.29, 1.82) is 0 Å². The van der Waals surface area contributed by atoms with Crippen LogP contribution in [0.25, 0.3) is 0 Å². The first-order chi connectivity index (χ1) is 10.7. The number of amides is 1. The fourth-order valence-corrected chi connectivity index (χ4v) is 4.13. The van der Waals surface area contributed by atoms with Crippen molar-refractivity contribution >= 4 is 6.09 Å². The molecule has 1 aliphatic carbocycles. The third-order valence-electron chi connectivity index (χ3n) is 5.38. The molecule has 0 aromatic rings. The van der Waals surface area contributed by atoms with Gasteiger partial charge in [0, 0.05) is 31.2 Å². The first kappa shape index (κ1) is 17.0. The van der Waals surface area contributed by atoms with Crippen molar-refractivity contribution < 1.29 is 14.3 Å². The number of hydrogen-bond acceptors (Lipinski definition) is 5. The lowest BCUT2D eigenvalue weighted by atomic mass is 9.71. The molecule has 6 unspecified atom stereocenters. The van der Waals surface area contributed by atoms with Gasteiger partial charge in [0.15, 0.2) is 0 Å². The fraction of sp³-hybridized carbons (Fsp3) is 0.941. The summed E-state index contributed by atoms with van der Waals surface area (Å²) in [5.41, 5.74) is -0.466. The zero-order valence-corrected chi connectivity index (χ0v) is 15.0. The van der Waals surface area contributed by atoms with Gasteiger partial charge in [-0.25, -0.2) is 4.79 Å². The highest BCUT2D eigenvalue weighted by Gasteiger charge is 2.55. The highest BCUT2D eigenvalue weighted by molar-refractivity contribution is 5.68. The Balaban J connectivity index is 1.58. The molecule has 0 aromatic carbocycles. The van der Waals surface area contributed by atoms with E-state index in [4.69, 9.17) is 9.47 Å². The molecule has 0 radical (unpaired) electrons. The highest BCUT2D eigenvalue weighted by Crippen LogP contribution is 2.40. The van der Waals surface area contributed by atoms with Crippen LogP contribution in [-0.4, -0.2) is 67.1 Å². The molecule has 3 aliphatic rings. The Kier molecular flexibility index (Phi) is 4.60. The van der Waals surface area contributed by atoms with E-state index in [0.717, 1.165) is 26.0 Å². The summed E-state index contributed by atoms with van der Waals surface area (Å²) >= 11 is 0. The second-order valence-electron chi connectivity index (χ2n) is 8.37. The van der Waals surface area contributed by atoms with Gasteiger partial charge in [-0.1, -0.05) is 0 Å². The van der Waals surface area contributed by atoms with Crippen LogP contribution in [0.1, 0.15) is 40.5 Å². The molecule has 2 heterocycles. The molecule has 0 bridgehead atoms. The lowest BCUT2D eigenvalue weighted by Gasteiger charge is -2.49.